The van der Waals surface area contributed by atoms with E-state index in [1.807, 2.05) is 13.8 Å². The monoisotopic (exact) mass is 309 g/mol. The highest BCUT2D eigenvalue weighted by molar-refractivity contribution is 5.64. The maximum atomic E-state index is 13.8. The third kappa shape index (κ3) is 4.11. The number of nitrogens with one attached hydrogen (secondary N) is 2. The van der Waals surface area contributed by atoms with Crippen molar-refractivity contribution in [2.24, 2.45) is 5.92 Å². The number of rotatable bonds is 7. The Morgan fingerprint density at radius 1 is 1.27 bits per heavy atom. The Balaban J connectivity index is 2.04. The molecule has 0 amide bonds. The summed E-state index contributed by atoms with van der Waals surface area (Å²) in [4.78, 5) is 0. The fourth-order valence-corrected chi connectivity index (χ4v) is 2.40. The van der Waals surface area contributed by atoms with Gasteiger partial charge in [-0.05, 0) is 24.5 Å². The smallest absolute Gasteiger partial charge is 0.135 e. The maximum Gasteiger partial charge on any atom is 0.135 e. The van der Waals surface area contributed by atoms with E-state index in [9.17, 15) is 13.9 Å². The summed E-state index contributed by atoms with van der Waals surface area (Å²) < 4.78 is 27.7. The van der Waals surface area contributed by atoms with Crippen molar-refractivity contribution in [1.29, 1.82) is 0 Å². The molecular weight excluding hydrogens is 288 g/mol. The van der Waals surface area contributed by atoms with E-state index in [1.165, 1.54) is 24.4 Å². The summed E-state index contributed by atoms with van der Waals surface area (Å²) in [5.74, 6) is -0.857. The zero-order valence-corrected chi connectivity index (χ0v) is 12.7. The number of hydrogen-bond donors (Lipinski definition) is 3. The van der Waals surface area contributed by atoms with E-state index < -0.39 is 17.7 Å². The normalized spacial score (nSPS) is 12.8. The number of hydrogen-bond acceptors (Lipinski definition) is 3. The first kappa shape index (κ1) is 16.6. The number of nitrogens with zero attached hydrogens (tertiary/aromatic N) is 1. The Morgan fingerprint density at radius 3 is 2.59 bits per heavy atom. The molecule has 22 heavy (non-hydrogen) atoms. The predicted octanol–water partition coefficient (Wildman–Crippen LogP) is 2.85. The van der Waals surface area contributed by atoms with Gasteiger partial charge in [0.25, 0.3) is 0 Å². The van der Waals surface area contributed by atoms with E-state index >= 15 is 0 Å². The van der Waals surface area contributed by atoms with Gasteiger partial charge in [-0.15, -0.1) is 0 Å². The summed E-state index contributed by atoms with van der Waals surface area (Å²) in [6.45, 7) is 4.87. The lowest BCUT2D eigenvalue weighted by atomic mass is 10.1. The molecule has 2 aromatic rings. The average molecular weight is 309 g/mol. The highest BCUT2D eigenvalue weighted by atomic mass is 19.1. The van der Waals surface area contributed by atoms with Gasteiger partial charge in [-0.2, -0.15) is 5.10 Å². The Kier molecular flexibility index (Phi) is 5.63. The molecule has 0 radical (unpaired) electrons. The molecule has 0 spiro atoms. The molecule has 1 aromatic carbocycles. The topological polar surface area (TPSA) is 60.9 Å². The molecule has 0 aliphatic carbocycles. The van der Waals surface area contributed by atoms with E-state index in [0.29, 0.717) is 36.7 Å². The van der Waals surface area contributed by atoms with Crippen LogP contribution >= 0.6 is 0 Å². The number of aliphatic hydroxyl groups is 1. The van der Waals surface area contributed by atoms with Crippen molar-refractivity contribution in [3.8, 4) is 11.3 Å². The SMILES string of the molecule is CC(C)CC(O)CNCc1cn[nH]c1-c1c(F)cccc1F. The molecule has 120 valence electrons. The lowest BCUT2D eigenvalue weighted by molar-refractivity contribution is 0.146. The standard InChI is InChI=1S/C16H21F2N3O/c1-10(2)6-12(22)9-19-7-11-8-20-21-16(11)15-13(17)4-3-5-14(15)18/h3-5,8,10,12,19,22H,6-7,9H2,1-2H3,(H,20,21). The van der Waals surface area contributed by atoms with Crippen molar-refractivity contribution < 1.29 is 13.9 Å². The van der Waals surface area contributed by atoms with Gasteiger partial charge in [0.15, 0.2) is 0 Å². The highest BCUT2D eigenvalue weighted by Crippen LogP contribution is 2.26. The van der Waals surface area contributed by atoms with Crippen molar-refractivity contribution in [2.75, 3.05) is 6.54 Å². The number of aromatic nitrogens is 2. The van der Waals surface area contributed by atoms with Crippen molar-refractivity contribution in [3.63, 3.8) is 0 Å². The minimum absolute atomic E-state index is 0.112. The van der Waals surface area contributed by atoms with Gasteiger partial charge in [0.05, 0.1) is 23.6 Å². The van der Waals surface area contributed by atoms with Gasteiger partial charge in [0, 0.05) is 18.7 Å². The quantitative estimate of drug-likeness (QED) is 0.737. The first-order valence-corrected chi connectivity index (χ1v) is 7.34. The van der Waals surface area contributed by atoms with Gasteiger partial charge in [-0.25, -0.2) is 8.78 Å². The largest absolute Gasteiger partial charge is 0.392 e. The van der Waals surface area contributed by atoms with E-state index in [-0.39, 0.29) is 5.56 Å². The van der Waals surface area contributed by atoms with E-state index in [1.54, 1.807) is 0 Å². The first-order valence-electron chi connectivity index (χ1n) is 7.34. The molecule has 0 aliphatic heterocycles. The molecule has 0 aliphatic rings. The Hall–Kier alpha value is -1.79. The van der Waals surface area contributed by atoms with Gasteiger partial charge < -0.3 is 10.4 Å². The highest BCUT2D eigenvalue weighted by Gasteiger charge is 2.16. The van der Waals surface area contributed by atoms with Crippen LogP contribution in [-0.2, 0) is 6.54 Å². The molecule has 0 bridgehead atoms. The summed E-state index contributed by atoms with van der Waals surface area (Å²) >= 11 is 0. The summed E-state index contributed by atoms with van der Waals surface area (Å²) in [6, 6.07) is 3.75. The van der Waals surface area contributed by atoms with Crippen LogP contribution in [0.5, 0.6) is 0 Å². The average Bonchev–Trinajstić information content (AvgIpc) is 2.86. The summed E-state index contributed by atoms with van der Waals surface area (Å²) in [7, 11) is 0. The predicted molar refractivity (Wildman–Crippen MR) is 81.1 cm³/mol. The molecule has 6 heteroatoms. The van der Waals surface area contributed by atoms with E-state index in [2.05, 4.69) is 15.5 Å². The van der Waals surface area contributed by atoms with Crippen LogP contribution in [-0.4, -0.2) is 28.0 Å². The fourth-order valence-electron chi connectivity index (χ4n) is 2.40. The van der Waals surface area contributed by atoms with Gasteiger partial charge in [0.2, 0.25) is 0 Å². The number of H-pyrrole nitrogens is 1. The number of aliphatic hydroxyl groups excluding tert-OH is 1. The molecule has 0 fully saturated rings. The molecule has 3 N–H and O–H groups in total. The van der Waals surface area contributed by atoms with E-state index in [0.717, 1.165) is 0 Å². The van der Waals surface area contributed by atoms with Crippen molar-refractivity contribution in [3.05, 3.63) is 41.6 Å². The Labute approximate surface area is 128 Å². The lowest BCUT2D eigenvalue weighted by Crippen LogP contribution is -2.27. The Morgan fingerprint density at radius 2 is 1.95 bits per heavy atom. The second-order valence-electron chi connectivity index (χ2n) is 5.78. The van der Waals surface area contributed by atoms with Gasteiger partial charge in [-0.1, -0.05) is 19.9 Å². The molecular formula is C16H21F2N3O. The van der Waals surface area contributed by atoms with Crippen molar-refractivity contribution in [2.45, 2.75) is 32.9 Å². The van der Waals surface area contributed by atoms with Crippen LogP contribution in [0, 0.1) is 17.6 Å². The first-order chi connectivity index (χ1) is 10.5. The number of halogens is 2. The fraction of sp³-hybridized carbons (Fsp3) is 0.438. The zero-order valence-electron chi connectivity index (χ0n) is 12.7. The van der Waals surface area contributed by atoms with Gasteiger partial charge >= 0.3 is 0 Å². The maximum absolute atomic E-state index is 13.8. The summed E-state index contributed by atoms with van der Waals surface area (Å²) in [5, 5.41) is 19.4. The minimum Gasteiger partial charge on any atom is -0.392 e. The van der Waals surface area contributed by atoms with E-state index in [4.69, 9.17) is 0 Å². The minimum atomic E-state index is -0.634. The van der Waals surface area contributed by atoms with Crippen LogP contribution in [0.2, 0.25) is 0 Å². The molecule has 1 atom stereocenters. The summed E-state index contributed by atoms with van der Waals surface area (Å²) in [5.41, 5.74) is 0.863. The number of aromatic amines is 1. The Bertz CT molecular complexity index is 593. The van der Waals surface area contributed by atoms with Crippen LogP contribution in [0.25, 0.3) is 11.3 Å². The second kappa shape index (κ2) is 7.47. The third-order valence-corrected chi connectivity index (χ3v) is 3.37. The molecule has 1 aromatic heterocycles. The molecule has 1 heterocycles. The molecule has 4 nitrogen and oxygen atoms in total. The van der Waals surface area contributed by atoms with Gasteiger partial charge in [0.1, 0.15) is 11.6 Å². The zero-order chi connectivity index (χ0) is 16.1. The molecule has 1 unspecified atom stereocenters. The molecule has 2 rings (SSSR count). The van der Waals surface area contributed by atoms with Crippen LogP contribution in [0.15, 0.2) is 24.4 Å². The molecule has 0 saturated carbocycles. The van der Waals surface area contributed by atoms with Crippen LogP contribution < -0.4 is 5.32 Å². The van der Waals surface area contributed by atoms with Gasteiger partial charge in [-0.3, -0.25) is 5.10 Å². The molecule has 0 saturated heterocycles. The van der Waals surface area contributed by atoms with Crippen molar-refractivity contribution >= 4 is 0 Å². The lowest BCUT2D eigenvalue weighted by Gasteiger charge is -2.14. The van der Waals surface area contributed by atoms with Crippen LogP contribution in [0.1, 0.15) is 25.8 Å². The second-order valence-corrected chi connectivity index (χ2v) is 5.78. The number of benzene rings is 1. The van der Waals surface area contributed by atoms with Crippen molar-refractivity contribution in [1.82, 2.24) is 15.5 Å². The van der Waals surface area contributed by atoms with Crippen LogP contribution in [0.4, 0.5) is 8.78 Å². The third-order valence-electron chi connectivity index (χ3n) is 3.37. The van der Waals surface area contributed by atoms with Crippen LogP contribution in [0.3, 0.4) is 0 Å². The summed E-state index contributed by atoms with van der Waals surface area (Å²) in [6.07, 6.45) is 1.79.